The molecule has 1 aliphatic carbocycles. The Labute approximate surface area is 145 Å². The highest BCUT2D eigenvalue weighted by atomic mass is 16.5. The number of aliphatic imine (C=N–C) groups is 1. The molecule has 134 valence electrons. The summed E-state index contributed by atoms with van der Waals surface area (Å²) in [7, 11) is 0. The quantitative estimate of drug-likeness (QED) is 0.553. The van der Waals surface area contributed by atoms with Crippen molar-refractivity contribution in [3.63, 3.8) is 0 Å². The van der Waals surface area contributed by atoms with E-state index in [-0.39, 0.29) is 12.2 Å². The molecule has 1 saturated carbocycles. The van der Waals surface area contributed by atoms with E-state index in [1.165, 1.54) is 0 Å². The smallest absolute Gasteiger partial charge is 0.191 e. The van der Waals surface area contributed by atoms with Gasteiger partial charge in [0.05, 0.1) is 18.8 Å². The Kier molecular flexibility index (Phi) is 7.37. The molecule has 5 nitrogen and oxygen atoms in total. The molecule has 1 aliphatic rings. The van der Waals surface area contributed by atoms with E-state index in [9.17, 15) is 5.11 Å². The number of nitrogens with zero attached hydrogens (tertiary/aromatic N) is 1. The number of guanidine groups is 1. The molecule has 0 unspecified atom stereocenters. The van der Waals surface area contributed by atoms with Gasteiger partial charge in [0.25, 0.3) is 0 Å². The average molecular weight is 333 g/mol. The van der Waals surface area contributed by atoms with Crippen LogP contribution in [0.25, 0.3) is 0 Å². The Bertz CT molecular complexity index is 523. The maximum absolute atomic E-state index is 9.62. The van der Waals surface area contributed by atoms with Crippen molar-refractivity contribution >= 4 is 5.96 Å². The first kappa shape index (κ1) is 18.6. The van der Waals surface area contributed by atoms with Gasteiger partial charge in [-0.25, -0.2) is 4.99 Å². The Morgan fingerprint density at radius 3 is 2.71 bits per heavy atom. The van der Waals surface area contributed by atoms with Crippen LogP contribution < -0.4 is 15.4 Å². The summed E-state index contributed by atoms with van der Waals surface area (Å²) < 4.78 is 5.74. The molecule has 3 N–H and O–H groups in total. The second-order valence-corrected chi connectivity index (χ2v) is 6.66. The summed E-state index contributed by atoms with van der Waals surface area (Å²) in [6.45, 7) is 7.56. The molecule has 1 aromatic carbocycles. The number of hydrogen-bond acceptors (Lipinski definition) is 3. The zero-order chi connectivity index (χ0) is 17.4. The van der Waals surface area contributed by atoms with E-state index in [1.54, 1.807) is 0 Å². The summed E-state index contributed by atoms with van der Waals surface area (Å²) in [4.78, 5) is 4.69. The number of nitrogens with one attached hydrogen (secondary N) is 2. The highest BCUT2D eigenvalue weighted by molar-refractivity contribution is 5.80. The minimum atomic E-state index is -0.133. The van der Waals surface area contributed by atoms with E-state index in [0.717, 1.165) is 49.5 Å². The first-order valence-electron chi connectivity index (χ1n) is 9.05. The lowest BCUT2D eigenvalue weighted by Gasteiger charge is -2.27. The summed E-state index contributed by atoms with van der Waals surface area (Å²) in [6, 6.07) is 8.48. The van der Waals surface area contributed by atoms with Gasteiger partial charge in [-0.15, -0.1) is 0 Å². The average Bonchev–Trinajstić information content (AvgIpc) is 2.55. The van der Waals surface area contributed by atoms with E-state index in [1.807, 2.05) is 32.0 Å². The van der Waals surface area contributed by atoms with Gasteiger partial charge < -0.3 is 20.5 Å². The second kappa shape index (κ2) is 9.52. The Balaban J connectivity index is 1.95. The lowest BCUT2D eigenvalue weighted by atomic mass is 9.93. The van der Waals surface area contributed by atoms with Crippen LogP contribution in [-0.2, 0) is 6.54 Å². The first-order chi connectivity index (χ1) is 11.6. The van der Waals surface area contributed by atoms with E-state index in [0.29, 0.717) is 12.6 Å². The standard InChI is InChI=1S/C19H31N3O2/c1-4-20-19(22-16-8-10-17(23)11-9-16)21-13-15-6-5-7-18(12-15)24-14(2)3/h5-7,12,14,16-17,23H,4,8-11,13H2,1-3H3,(H2,20,21,22). The van der Waals surface area contributed by atoms with Crippen LogP contribution in [0.15, 0.2) is 29.3 Å². The van der Waals surface area contributed by atoms with Gasteiger partial charge in [-0.1, -0.05) is 12.1 Å². The minimum absolute atomic E-state index is 0.133. The van der Waals surface area contributed by atoms with Gasteiger partial charge in [0.2, 0.25) is 0 Å². The SMILES string of the molecule is CCNC(=NCc1cccc(OC(C)C)c1)NC1CCC(O)CC1. The third-order valence-corrected chi connectivity index (χ3v) is 4.07. The fourth-order valence-electron chi connectivity index (χ4n) is 2.89. The molecule has 0 bridgehead atoms. The molecule has 0 saturated heterocycles. The van der Waals surface area contributed by atoms with E-state index in [2.05, 4.69) is 23.6 Å². The van der Waals surface area contributed by atoms with Gasteiger partial charge in [-0.05, 0) is 64.2 Å². The number of aliphatic hydroxyl groups is 1. The second-order valence-electron chi connectivity index (χ2n) is 6.66. The number of benzene rings is 1. The summed E-state index contributed by atoms with van der Waals surface area (Å²) in [5.41, 5.74) is 1.13. The fraction of sp³-hybridized carbons (Fsp3) is 0.632. The Hall–Kier alpha value is -1.75. The van der Waals surface area contributed by atoms with E-state index >= 15 is 0 Å². The van der Waals surface area contributed by atoms with Crippen LogP contribution in [0.3, 0.4) is 0 Å². The number of rotatable bonds is 6. The Morgan fingerprint density at radius 1 is 1.29 bits per heavy atom. The zero-order valence-electron chi connectivity index (χ0n) is 15.1. The lowest BCUT2D eigenvalue weighted by Crippen LogP contribution is -2.45. The third kappa shape index (κ3) is 6.40. The molecule has 0 aromatic heterocycles. The molecule has 0 radical (unpaired) electrons. The summed E-state index contributed by atoms with van der Waals surface area (Å²) >= 11 is 0. The molecule has 0 spiro atoms. The largest absolute Gasteiger partial charge is 0.491 e. The molecular formula is C19H31N3O2. The lowest BCUT2D eigenvalue weighted by molar-refractivity contribution is 0.120. The van der Waals surface area contributed by atoms with Gasteiger partial charge in [-0.3, -0.25) is 0 Å². The van der Waals surface area contributed by atoms with Crippen molar-refractivity contribution in [2.24, 2.45) is 4.99 Å². The summed E-state index contributed by atoms with van der Waals surface area (Å²) in [5, 5.41) is 16.4. The van der Waals surface area contributed by atoms with Crippen molar-refractivity contribution in [1.82, 2.24) is 10.6 Å². The van der Waals surface area contributed by atoms with Crippen molar-refractivity contribution in [1.29, 1.82) is 0 Å². The van der Waals surface area contributed by atoms with Crippen molar-refractivity contribution in [3.8, 4) is 5.75 Å². The fourth-order valence-corrected chi connectivity index (χ4v) is 2.89. The molecule has 0 aliphatic heterocycles. The molecule has 1 fully saturated rings. The van der Waals surface area contributed by atoms with Crippen LogP contribution in [-0.4, -0.2) is 35.9 Å². The maximum Gasteiger partial charge on any atom is 0.191 e. The summed E-state index contributed by atoms with van der Waals surface area (Å²) in [6.07, 6.45) is 3.75. The molecule has 24 heavy (non-hydrogen) atoms. The van der Waals surface area contributed by atoms with Crippen LogP contribution in [0.2, 0.25) is 0 Å². The van der Waals surface area contributed by atoms with Gasteiger partial charge in [0.1, 0.15) is 5.75 Å². The van der Waals surface area contributed by atoms with Crippen LogP contribution in [0.1, 0.15) is 52.0 Å². The highest BCUT2D eigenvalue weighted by Crippen LogP contribution is 2.18. The summed E-state index contributed by atoms with van der Waals surface area (Å²) in [5.74, 6) is 1.73. The third-order valence-electron chi connectivity index (χ3n) is 4.07. The molecule has 0 heterocycles. The maximum atomic E-state index is 9.62. The number of aliphatic hydroxyl groups excluding tert-OH is 1. The first-order valence-corrected chi connectivity index (χ1v) is 9.05. The van der Waals surface area contributed by atoms with Gasteiger partial charge >= 0.3 is 0 Å². The van der Waals surface area contributed by atoms with Crippen molar-refractivity contribution < 1.29 is 9.84 Å². The monoisotopic (exact) mass is 333 g/mol. The van der Waals surface area contributed by atoms with Crippen LogP contribution in [0.5, 0.6) is 5.75 Å². The number of hydrogen-bond donors (Lipinski definition) is 3. The Morgan fingerprint density at radius 2 is 2.04 bits per heavy atom. The van der Waals surface area contributed by atoms with Crippen molar-refractivity contribution in [2.45, 2.75) is 71.2 Å². The van der Waals surface area contributed by atoms with E-state index < -0.39 is 0 Å². The molecule has 1 aromatic rings. The van der Waals surface area contributed by atoms with Crippen molar-refractivity contribution in [3.05, 3.63) is 29.8 Å². The zero-order valence-corrected chi connectivity index (χ0v) is 15.1. The van der Waals surface area contributed by atoms with Crippen molar-refractivity contribution in [2.75, 3.05) is 6.54 Å². The molecule has 0 amide bonds. The predicted molar refractivity (Wildman–Crippen MR) is 98.4 cm³/mol. The molecule has 0 atom stereocenters. The highest BCUT2D eigenvalue weighted by Gasteiger charge is 2.19. The van der Waals surface area contributed by atoms with Crippen LogP contribution in [0.4, 0.5) is 0 Å². The minimum Gasteiger partial charge on any atom is -0.491 e. The van der Waals surface area contributed by atoms with Crippen LogP contribution >= 0.6 is 0 Å². The molecular weight excluding hydrogens is 302 g/mol. The topological polar surface area (TPSA) is 65.9 Å². The number of ether oxygens (including phenoxy) is 1. The molecule has 2 rings (SSSR count). The van der Waals surface area contributed by atoms with Gasteiger partial charge in [0, 0.05) is 12.6 Å². The van der Waals surface area contributed by atoms with E-state index in [4.69, 9.17) is 9.73 Å². The van der Waals surface area contributed by atoms with Gasteiger partial charge in [0.15, 0.2) is 5.96 Å². The predicted octanol–water partition coefficient (Wildman–Crippen LogP) is 2.83. The van der Waals surface area contributed by atoms with Gasteiger partial charge in [-0.2, -0.15) is 0 Å². The molecule has 5 heteroatoms. The normalized spacial score (nSPS) is 21.6. The van der Waals surface area contributed by atoms with Crippen LogP contribution in [0, 0.1) is 0 Å².